The molecule has 3 fully saturated rings. The van der Waals surface area contributed by atoms with Gasteiger partial charge < -0.3 is 19.7 Å². The number of carbonyl (C=O) groups is 1. The smallest absolute Gasteiger partial charge is 0.490 e. The average Bonchev–Trinajstić information content (AvgIpc) is 3.27. The summed E-state index contributed by atoms with van der Waals surface area (Å²) in [5.41, 5.74) is -0.309. The van der Waals surface area contributed by atoms with Crippen LogP contribution >= 0.6 is 0 Å². The molecule has 3 atom stereocenters. The van der Waals surface area contributed by atoms with Gasteiger partial charge >= 0.3 is 12.1 Å². The summed E-state index contributed by atoms with van der Waals surface area (Å²) in [6.45, 7) is 2.50. The van der Waals surface area contributed by atoms with Crippen molar-refractivity contribution in [2.75, 3.05) is 31.1 Å². The molecule has 1 aromatic rings. The number of ether oxygens (including phenoxy) is 2. The van der Waals surface area contributed by atoms with E-state index in [1.165, 1.54) is 0 Å². The molecule has 2 bridgehead atoms. The van der Waals surface area contributed by atoms with Crippen LogP contribution in [0.3, 0.4) is 0 Å². The number of piperidine rings is 1. The van der Waals surface area contributed by atoms with Crippen LogP contribution in [0.2, 0.25) is 0 Å². The molecule has 2 aliphatic heterocycles. The number of rotatable bonds is 5. The maximum absolute atomic E-state index is 12.7. The molecule has 3 heterocycles. The standard InChI is InChI=1S/C19H24F3N3O3/c20-19(21,22)17(26)28-18-4-3-13(7-18)10-25(12-18)15-6-16(9-23-8-15)27-11-14-2-1-5-24-14/h6,8-9,13-14,24H,1-5,7,10-12H2/t13?,14-,18?/m0/s1. The van der Waals surface area contributed by atoms with Crippen LogP contribution in [0.4, 0.5) is 18.9 Å². The Balaban J connectivity index is 1.44. The van der Waals surface area contributed by atoms with E-state index >= 15 is 0 Å². The Morgan fingerprint density at radius 3 is 2.96 bits per heavy atom. The van der Waals surface area contributed by atoms with Crippen LogP contribution in [0.1, 0.15) is 32.1 Å². The van der Waals surface area contributed by atoms with Crippen molar-refractivity contribution in [3.63, 3.8) is 0 Å². The second-order valence-electron chi connectivity index (χ2n) is 8.04. The second kappa shape index (κ2) is 7.42. The van der Waals surface area contributed by atoms with Gasteiger partial charge in [0.05, 0.1) is 24.6 Å². The third-order valence-corrected chi connectivity index (χ3v) is 5.84. The molecule has 0 spiro atoms. The average molecular weight is 399 g/mol. The van der Waals surface area contributed by atoms with Crippen LogP contribution in [0, 0.1) is 5.92 Å². The summed E-state index contributed by atoms with van der Waals surface area (Å²) < 4.78 is 48.9. The van der Waals surface area contributed by atoms with Gasteiger partial charge in [0.2, 0.25) is 0 Å². The highest BCUT2D eigenvalue weighted by Gasteiger charge is 2.52. The molecular weight excluding hydrogens is 375 g/mol. The summed E-state index contributed by atoms with van der Waals surface area (Å²) >= 11 is 0. The lowest BCUT2D eigenvalue weighted by molar-refractivity contribution is -0.213. The molecule has 0 amide bonds. The maximum atomic E-state index is 12.7. The molecule has 1 aromatic heterocycles. The summed E-state index contributed by atoms with van der Waals surface area (Å²) in [5.74, 6) is -1.28. The fourth-order valence-electron chi connectivity index (χ4n) is 4.55. The molecule has 154 valence electrons. The Bertz CT molecular complexity index is 724. The molecule has 6 nitrogen and oxygen atoms in total. The molecule has 9 heteroatoms. The monoisotopic (exact) mass is 399 g/mol. The van der Waals surface area contributed by atoms with Crippen LogP contribution in [0.15, 0.2) is 18.5 Å². The van der Waals surface area contributed by atoms with Crippen LogP contribution in [-0.2, 0) is 9.53 Å². The van der Waals surface area contributed by atoms with Crippen molar-refractivity contribution in [1.82, 2.24) is 10.3 Å². The number of nitrogens with zero attached hydrogens (tertiary/aromatic N) is 2. The van der Waals surface area contributed by atoms with Crippen molar-refractivity contribution in [3.05, 3.63) is 18.5 Å². The van der Waals surface area contributed by atoms with Crippen molar-refractivity contribution in [2.24, 2.45) is 5.92 Å². The van der Waals surface area contributed by atoms with Gasteiger partial charge in [0, 0.05) is 18.7 Å². The van der Waals surface area contributed by atoms with Crippen molar-refractivity contribution in [1.29, 1.82) is 0 Å². The number of halogens is 3. The van der Waals surface area contributed by atoms with Gasteiger partial charge in [-0.15, -0.1) is 0 Å². The zero-order valence-corrected chi connectivity index (χ0v) is 15.5. The summed E-state index contributed by atoms with van der Waals surface area (Å²) in [4.78, 5) is 17.6. The second-order valence-corrected chi connectivity index (χ2v) is 8.04. The largest absolute Gasteiger partial charge is 0.490 e. The van der Waals surface area contributed by atoms with Crippen molar-refractivity contribution in [3.8, 4) is 5.75 Å². The first-order valence-electron chi connectivity index (χ1n) is 9.69. The summed E-state index contributed by atoms with van der Waals surface area (Å²) in [6.07, 6.45) is 2.22. The molecule has 3 aliphatic rings. The van der Waals surface area contributed by atoms with E-state index in [1.54, 1.807) is 12.4 Å². The molecule has 0 aromatic carbocycles. The van der Waals surface area contributed by atoms with Gasteiger partial charge in [0.25, 0.3) is 0 Å². The lowest BCUT2D eigenvalue weighted by Gasteiger charge is -2.40. The molecule has 4 rings (SSSR count). The Labute approximate surface area is 161 Å². The van der Waals surface area contributed by atoms with E-state index < -0.39 is 17.7 Å². The molecular formula is C19H24F3N3O3. The lowest BCUT2D eigenvalue weighted by atomic mass is 9.94. The SMILES string of the molecule is O=C(OC12CCC(CN(c3cncc(OC[C@@H]4CCCN4)c3)C1)C2)C(F)(F)F. The van der Waals surface area contributed by atoms with Crippen LogP contribution in [0.25, 0.3) is 0 Å². The highest BCUT2D eigenvalue weighted by Crippen LogP contribution is 2.44. The number of hydrogen-bond donors (Lipinski definition) is 1. The van der Waals surface area contributed by atoms with Crippen LogP contribution < -0.4 is 15.0 Å². The summed E-state index contributed by atoms with van der Waals surface area (Å²) in [7, 11) is 0. The van der Waals surface area contributed by atoms with E-state index in [1.807, 2.05) is 11.0 Å². The fraction of sp³-hybridized carbons (Fsp3) is 0.684. The highest BCUT2D eigenvalue weighted by atomic mass is 19.4. The zero-order chi connectivity index (χ0) is 19.8. The van der Waals surface area contributed by atoms with E-state index in [0.29, 0.717) is 37.8 Å². The predicted molar refractivity (Wildman–Crippen MR) is 95.2 cm³/mol. The number of hydrogen-bond acceptors (Lipinski definition) is 6. The normalized spacial score (nSPS) is 29.8. The summed E-state index contributed by atoms with van der Waals surface area (Å²) in [5, 5.41) is 3.36. The molecule has 1 N–H and O–H groups in total. The number of alkyl halides is 3. The van der Waals surface area contributed by atoms with E-state index in [-0.39, 0.29) is 12.5 Å². The number of carbonyl (C=O) groups excluding carboxylic acids is 1. The Kier molecular flexibility index (Phi) is 5.11. The maximum Gasteiger partial charge on any atom is 0.490 e. The predicted octanol–water partition coefficient (Wildman–Crippen LogP) is 2.68. The van der Waals surface area contributed by atoms with Crippen molar-refractivity contribution in [2.45, 2.75) is 49.9 Å². The highest BCUT2D eigenvalue weighted by molar-refractivity contribution is 5.76. The third-order valence-electron chi connectivity index (χ3n) is 5.84. The molecule has 1 aliphatic carbocycles. The van der Waals surface area contributed by atoms with Crippen molar-refractivity contribution >= 4 is 11.7 Å². The quantitative estimate of drug-likeness (QED) is 0.769. The van der Waals surface area contributed by atoms with E-state index in [0.717, 1.165) is 31.5 Å². The fourth-order valence-corrected chi connectivity index (χ4v) is 4.55. The minimum Gasteiger partial charge on any atom is -0.490 e. The Morgan fingerprint density at radius 1 is 1.36 bits per heavy atom. The number of pyridine rings is 1. The number of nitrogens with one attached hydrogen (secondary N) is 1. The topological polar surface area (TPSA) is 63.7 Å². The number of fused-ring (bicyclic) bond motifs is 2. The molecule has 1 saturated carbocycles. The van der Waals surface area contributed by atoms with Gasteiger partial charge in [0.15, 0.2) is 0 Å². The first-order valence-corrected chi connectivity index (χ1v) is 9.69. The van der Waals surface area contributed by atoms with Gasteiger partial charge in [0.1, 0.15) is 18.0 Å². The first kappa shape index (κ1) is 19.3. The van der Waals surface area contributed by atoms with Gasteiger partial charge in [-0.2, -0.15) is 13.2 Å². The summed E-state index contributed by atoms with van der Waals surface area (Å²) in [6, 6.07) is 2.19. The Morgan fingerprint density at radius 2 is 2.21 bits per heavy atom. The lowest BCUT2D eigenvalue weighted by Crippen LogP contribution is -2.51. The number of aromatic nitrogens is 1. The number of anilines is 1. The number of esters is 1. The third kappa shape index (κ3) is 4.19. The Hall–Kier alpha value is -2.03. The minimum absolute atomic E-state index is 0.196. The first-order chi connectivity index (χ1) is 13.3. The van der Waals surface area contributed by atoms with E-state index in [2.05, 4.69) is 10.3 Å². The van der Waals surface area contributed by atoms with E-state index in [9.17, 15) is 18.0 Å². The van der Waals surface area contributed by atoms with Gasteiger partial charge in [-0.1, -0.05) is 0 Å². The minimum atomic E-state index is -4.97. The molecule has 2 unspecified atom stereocenters. The van der Waals surface area contributed by atoms with Gasteiger partial charge in [-0.25, -0.2) is 4.79 Å². The molecule has 0 radical (unpaired) electrons. The molecule has 28 heavy (non-hydrogen) atoms. The van der Waals surface area contributed by atoms with Gasteiger partial charge in [-0.3, -0.25) is 4.98 Å². The molecule has 2 saturated heterocycles. The zero-order valence-electron chi connectivity index (χ0n) is 15.5. The van der Waals surface area contributed by atoms with Crippen LogP contribution in [-0.4, -0.2) is 55.0 Å². The van der Waals surface area contributed by atoms with Crippen molar-refractivity contribution < 1.29 is 27.4 Å². The van der Waals surface area contributed by atoms with Gasteiger partial charge in [-0.05, 0) is 44.6 Å². The van der Waals surface area contributed by atoms with Crippen LogP contribution in [0.5, 0.6) is 5.75 Å². The van der Waals surface area contributed by atoms with E-state index in [4.69, 9.17) is 9.47 Å².